The number of aryl methyl sites for hydroxylation is 1. The summed E-state index contributed by atoms with van der Waals surface area (Å²) in [6, 6.07) is 3.86. The van der Waals surface area contributed by atoms with E-state index in [1.807, 2.05) is 6.92 Å². The number of carboxylic acids is 1. The molecule has 0 heterocycles. The molecule has 5 N–H and O–H groups in total. The van der Waals surface area contributed by atoms with Crippen LogP contribution >= 0.6 is 0 Å². The van der Waals surface area contributed by atoms with E-state index in [1.165, 1.54) is 6.07 Å². The van der Waals surface area contributed by atoms with Crippen LogP contribution in [0.4, 0.5) is 5.69 Å². The zero-order valence-electron chi connectivity index (χ0n) is 10.0. The molecule has 0 bridgehead atoms. The molecule has 98 valence electrons. The standard InChI is InChI=1S/C12H16N2O4/c1-7-2-4-10(15)9(6-7)14-12(18)8(13)3-5-11(16)17/h2,4,6,8,15H,3,5,13H2,1H3,(H,14,18)(H,16,17). The highest BCUT2D eigenvalue weighted by atomic mass is 16.4. The van der Waals surface area contributed by atoms with Crippen molar-refractivity contribution in [3.63, 3.8) is 0 Å². The predicted molar refractivity (Wildman–Crippen MR) is 66.3 cm³/mol. The SMILES string of the molecule is Cc1ccc(O)c(NC(=O)C(N)CCC(=O)O)c1. The van der Waals surface area contributed by atoms with Crippen molar-refractivity contribution in [2.45, 2.75) is 25.8 Å². The molecule has 0 radical (unpaired) electrons. The zero-order valence-corrected chi connectivity index (χ0v) is 10.0. The first-order chi connectivity index (χ1) is 8.40. The van der Waals surface area contributed by atoms with Gasteiger partial charge in [-0.25, -0.2) is 0 Å². The van der Waals surface area contributed by atoms with Crippen LogP contribution in [0.15, 0.2) is 18.2 Å². The number of benzene rings is 1. The van der Waals surface area contributed by atoms with Gasteiger partial charge in [0.1, 0.15) is 5.75 Å². The number of nitrogens with two attached hydrogens (primary N) is 1. The lowest BCUT2D eigenvalue weighted by Gasteiger charge is -2.12. The van der Waals surface area contributed by atoms with Crippen LogP contribution in [0.1, 0.15) is 18.4 Å². The van der Waals surface area contributed by atoms with Crippen molar-refractivity contribution < 1.29 is 19.8 Å². The van der Waals surface area contributed by atoms with Crippen molar-refractivity contribution in [2.75, 3.05) is 5.32 Å². The van der Waals surface area contributed by atoms with Crippen LogP contribution in [0.5, 0.6) is 5.75 Å². The Morgan fingerprint density at radius 2 is 2.11 bits per heavy atom. The molecule has 0 saturated heterocycles. The Morgan fingerprint density at radius 1 is 1.44 bits per heavy atom. The molecule has 0 saturated carbocycles. The fourth-order valence-electron chi connectivity index (χ4n) is 1.39. The summed E-state index contributed by atoms with van der Waals surface area (Å²) >= 11 is 0. The first-order valence-electron chi connectivity index (χ1n) is 5.48. The van der Waals surface area contributed by atoms with Gasteiger partial charge in [-0.05, 0) is 31.0 Å². The highest BCUT2D eigenvalue weighted by molar-refractivity contribution is 5.96. The third-order valence-electron chi connectivity index (χ3n) is 2.42. The molecule has 0 aliphatic carbocycles. The molecule has 0 spiro atoms. The lowest BCUT2D eigenvalue weighted by atomic mass is 10.1. The molecule has 0 fully saturated rings. The summed E-state index contributed by atoms with van der Waals surface area (Å²) in [6.45, 7) is 1.82. The molecule has 1 rings (SSSR count). The van der Waals surface area contributed by atoms with Gasteiger partial charge >= 0.3 is 5.97 Å². The average Bonchev–Trinajstić information content (AvgIpc) is 2.30. The minimum absolute atomic E-state index is 0.0493. The van der Waals surface area contributed by atoms with E-state index in [2.05, 4.69) is 5.32 Å². The number of phenols is 1. The molecule has 1 aromatic rings. The molecule has 0 aromatic heterocycles. The second-order valence-corrected chi connectivity index (χ2v) is 4.05. The van der Waals surface area contributed by atoms with Gasteiger partial charge in [-0.1, -0.05) is 6.07 Å². The summed E-state index contributed by atoms with van der Waals surface area (Å²) in [5.41, 5.74) is 6.69. The fraction of sp³-hybridized carbons (Fsp3) is 0.333. The van der Waals surface area contributed by atoms with E-state index < -0.39 is 17.9 Å². The number of amides is 1. The van der Waals surface area contributed by atoms with Crippen LogP contribution in [-0.4, -0.2) is 28.1 Å². The van der Waals surface area contributed by atoms with Crippen LogP contribution in [0, 0.1) is 6.92 Å². The molecule has 6 heteroatoms. The number of carbonyl (C=O) groups excluding carboxylic acids is 1. The van der Waals surface area contributed by atoms with Gasteiger partial charge < -0.3 is 21.3 Å². The Bertz CT molecular complexity index is 459. The van der Waals surface area contributed by atoms with Crippen molar-refractivity contribution in [1.82, 2.24) is 0 Å². The number of aromatic hydroxyl groups is 1. The van der Waals surface area contributed by atoms with E-state index in [0.717, 1.165) is 5.56 Å². The topological polar surface area (TPSA) is 113 Å². The van der Waals surface area contributed by atoms with Gasteiger partial charge in [0.2, 0.25) is 5.91 Å². The van der Waals surface area contributed by atoms with Gasteiger partial charge in [0.15, 0.2) is 0 Å². The van der Waals surface area contributed by atoms with Crippen molar-refractivity contribution in [3.05, 3.63) is 23.8 Å². The smallest absolute Gasteiger partial charge is 0.303 e. The third-order valence-corrected chi connectivity index (χ3v) is 2.42. The number of hydrogen-bond acceptors (Lipinski definition) is 4. The molecule has 1 aromatic carbocycles. The average molecular weight is 252 g/mol. The molecular weight excluding hydrogens is 236 g/mol. The lowest BCUT2D eigenvalue weighted by Crippen LogP contribution is -2.36. The summed E-state index contributed by atoms with van der Waals surface area (Å²) in [7, 11) is 0. The number of anilines is 1. The van der Waals surface area contributed by atoms with Gasteiger partial charge in [0.05, 0.1) is 11.7 Å². The number of hydrogen-bond donors (Lipinski definition) is 4. The van der Waals surface area contributed by atoms with Crippen molar-refractivity contribution in [1.29, 1.82) is 0 Å². The number of carboxylic acid groups (broad SMARTS) is 1. The summed E-state index contributed by atoms with van der Waals surface area (Å²) in [4.78, 5) is 22.0. The molecule has 1 amide bonds. The maximum absolute atomic E-state index is 11.6. The highest BCUT2D eigenvalue weighted by Gasteiger charge is 2.16. The number of carbonyl (C=O) groups is 2. The lowest BCUT2D eigenvalue weighted by molar-refractivity contribution is -0.137. The predicted octanol–water partition coefficient (Wildman–Crippen LogP) is 0.831. The van der Waals surface area contributed by atoms with E-state index in [9.17, 15) is 14.7 Å². The number of rotatable bonds is 5. The Hall–Kier alpha value is -2.08. The monoisotopic (exact) mass is 252 g/mol. The van der Waals surface area contributed by atoms with Crippen molar-refractivity contribution in [3.8, 4) is 5.75 Å². The number of phenolic OH excluding ortho intramolecular Hbond substituents is 1. The Morgan fingerprint density at radius 3 is 2.72 bits per heavy atom. The van der Waals surface area contributed by atoms with Crippen LogP contribution in [0.2, 0.25) is 0 Å². The quantitative estimate of drug-likeness (QED) is 0.580. The summed E-state index contributed by atoms with van der Waals surface area (Å²) in [5.74, 6) is -1.58. The maximum Gasteiger partial charge on any atom is 0.303 e. The van der Waals surface area contributed by atoms with E-state index in [-0.39, 0.29) is 24.3 Å². The highest BCUT2D eigenvalue weighted by Crippen LogP contribution is 2.23. The molecule has 1 unspecified atom stereocenters. The van der Waals surface area contributed by atoms with E-state index in [4.69, 9.17) is 10.8 Å². The van der Waals surface area contributed by atoms with Crippen LogP contribution in [0.25, 0.3) is 0 Å². The van der Waals surface area contributed by atoms with Gasteiger partial charge in [0.25, 0.3) is 0 Å². The molecule has 1 atom stereocenters. The number of aliphatic carboxylic acids is 1. The molecule has 0 aliphatic heterocycles. The molecule has 18 heavy (non-hydrogen) atoms. The Kier molecular flexibility index (Phi) is 4.67. The van der Waals surface area contributed by atoms with Crippen LogP contribution in [-0.2, 0) is 9.59 Å². The molecule has 6 nitrogen and oxygen atoms in total. The van der Waals surface area contributed by atoms with E-state index in [1.54, 1.807) is 12.1 Å². The largest absolute Gasteiger partial charge is 0.506 e. The molecular formula is C12H16N2O4. The van der Waals surface area contributed by atoms with Crippen LogP contribution < -0.4 is 11.1 Å². The van der Waals surface area contributed by atoms with Crippen molar-refractivity contribution >= 4 is 17.6 Å². The minimum Gasteiger partial charge on any atom is -0.506 e. The first-order valence-corrected chi connectivity index (χ1v) is 5.48. The van der Waals surface area contributed by atoms with E-state index in [0.29, 0.717) is 0 Å². The van der Waals surface area contributed by atoms with Crippen molar-refractivity contribution in [2.24, 2.45) is 5.73 Å². The van der Waals surface area contributed by atoms with Crippen LogP contribution in [0.3, 0.4) is 0 Å². The van der Waals surface area contributed by atoms with Gasteiger partial charge in [0, 0.05) is 6.42 Å². The normalized spacial score (nSPS) is 11.9. The summed E-state index contributed by atoms with van der Waals surface area (Å²) in [6.07, 6.45) is -0.123. The Labute approximate surface area is 104 Å². The second kappa shape index (κ2) is 6.02. The third kappa shape index (κ3) is 4.06. The maximum atomic E-state index is 11.6. The second-order valence-electron chi connectivity index (χ2n) is 4.05. The van der Waals surface area contributed by atoms with Gasteiger partial charge in [-0.2, -0.15) is 0 Å². The van der Waals surface area contributed by atoms with Gasteiger partial charge in [-0.3, -0.25) is 9.59 Å². The Balaban J connectivity index is 2.63. The summed E-state index contributed by atoms with van der Waals surface area (Å²) < 4.78 is 0. The fourth-order valence-corrected chi connectivity index (χ4v) is 1.39. The summed E-state index contributed by atoms with van der Waals surface area (Å²) in [5, 5.41) is 20.5. The molecule has 0 aliphatic rings. The first kappa shape index (κ1) is 14.0. The zero-order chi connectivity index (χ0) is 13.7. The van der Waals surface area contributed by atoms with Gasteiger partial charge in [-0.15, -0.1) is 0 Å². The number of nitrogens with one attached hydrogen (secondary N) is 1. The van der Waals surface area contributed by atoms with E-state index >= 15 is 0 Å². The minimum atomic E-state index is -1.00.